The molecule has 1 atom stereocenters. The summed E-state index contributed by atoms with van der Waals surface area (Å²) in [4.78, 5) is 28.5. The van der Waals surface area contributed by atoms with Crippen molar-refractivity contribution in [2.45, 2.75) is 45.3 Å². The number of methoxy groups -OCH3 is 1. The Balaban J connectivity index is 1.61. The van der Waals surface area contributed by atoms with Crippen molar-refractivity contribution in [3.05, 3.63) is 52.2 Å². The van der Waals surface area contributed by atoms with Crippen molar-refractivity contribution in [1.29, 1.82) is 5.26 Å². The van der Waals surface area contributed by atoms with E-state index in [1.54, 1.807) is 6.92 Å². The van der Waals surface area contributed by atoms with Crippen LogP contribution >= 0.6 is 11.6 Å². The van der Waals surface area contributed by atoms with Crippen LogP contribution < -0.4 is 15.4 Å². The molecule has 1 aliphatic rings. The molecule has 192 valence electrons. The molecule has 1 aromatic heterocycles. The normalized spacial score (nSPS) is 18.1. The maximum Gasteiger partial charge on any atom is 0.387 e. The third-order valence-electron chi connectivity index (χ3n) is 6.21. The minimum Gasteiger partial charge on any atom is -0.469 e. The van der Waals surface area contributed by atoms with Crippen LogP contribution in [0.1, 0.15) is 60.1 Å². The van der Waals surface area contributed by atoms with Crippen molar-refractivity contribution >= 4 is 29.3 Å². The lowest BCUT2D eigenvalue weighted by atomic mass is 9.82. The molecule has 11 heteroatoms. The molecule has 0 radical (unpaired) electrons. The van der Waals surface area contributed by atoms with Gasteiger partial charge in [0.2, 0.25) is 0 Å². The standard InChI is InChI=1S/C25H27ClF2N4O4/c1-14(19-9-16(11-29)5-8-21(19)36-25(27)28)32-22-20(26)10-18(13-30-22)23(33)31-12-15-3-6-17(7-4-15)24(34)35-2/h5,8-10,13-15,17,25H,3-4,6-7,12H2,1-2H3,(H,30,32)(H,31,33). The zero-order chi connectivity index (χ0) is 26.2. The molecule has 1 heterocycles. The summed E-state index contributed by atoms with van der Waals surface area (Å²) in [7, 11) is 1.39. The Morgan fingerprint density at radius 2 is 1.97 bits per heavy atom. The molecule has 36 heavy (non-hydrogen) atoms. The number of carbonyl (C=O) groups excluding carboxylic acids is 2. The molecule has 1 unspecified atom stereocenters. The Morgan fingerprint density at radius 1 is 1.25 bits per heavy atom. The third kappa shape index (κ3) is 7.04. The van der Waals surface area contributed by atoms with E-state index in [1.807, 2.05) is 6.07 Å². The van der Waals surface area contributed by atoms with E-state index in [1.165, 1.54) is 37.6 Å². The lowest BCUT2D eigenvalue weighted by molar-refractivity contribution is -0.146. The summed E-state index contributed by atoms with van der Waals surface area (Å²) in [6.45, 7) is -0.863. The molecule has 3 rings (SSSR count). The number of benzene rings is 1. The first-order valence-electron chi connectivity index (χ1n) is 11.5. The zero-order valence-electron chi connectivity index (χ0n) is 19.9. The number of nitrogens with one attached hydrogen (secondary N) is 2. The Labute approximate surface area is 212 Å². The van der Waals surface area contributed by atoms with Crippen molar-refractivity contribution in [3.63, 3.8) is 0 Å². The van der Waals surface area contributed by atoms with Gasteiger partial charge in [0.05, 0.1) is 41.3 Å². The molecule has 2 aromatic rings. The predicted octanol–water partition coefficient (Wildman–Crippen LogP) is 5.09. The Kier molecular flexibility index (Phi) is 9.42. The van der Waals surface area contributed by atoms with Gasteiger partial charge in [0.1, 0.15) is 11.6 Å². The van der Waals surface area contributed by atoms with Crippen molar-refractivity contribution in [2.24, 2.45) is 11.8 Å². The molecule has 0 bridgehead atoms. The summed E-state index contributed by atoms with van der Waals surface area (Å²) < 4.78 is 35.0. The molecular weight excluding hydrogens is 494 g/mol. The van der Waals surface area contributed by atoms with E-state index in [2.05, 4.69) is 20.4 Å². The number of nitriles is 1. The molecule has 1 amide bonds. The maximum atomic E-state index is 12.8. The highest BCUT2D eigenvalue weighted by molar-refractivity contribution is 6.33. The molecule has 2 N–H and O–H groups in total. The van der Waals surface area contributed by atoms with E-state index >= 15 is 0 Å². The maximum absolute atomic E-state index is 12.8. The fourth-order valence-electron chi connectivity index (χ4n) is 4.22. The number of pyridine rings is 1. The van der Waals surface area contributed by atoms with Gasteiger partial charge >= 0.3 is 12.6 Å². The van der Waals surface area contributed by atoms with Gasteiger partial charge in [-0.1, -0.05) is 11.6 Å². The highest BCUT2D eigenvalue weighted by atomic mass is 35.5. The number of amides is 1. The average Bonchev–Trinajstić information content (AvgIpc) is 2.88. The number of esters is 1. The van der Waals surface area contributed by atoms with E-state index in [4.69, 9.17) is 21.6 Å². The molecule has 0 spiro atoms. The fourth-order valence-corrected chi connectivity index (χ4v) is 4.44. The van der Waals surface area contributed by atoms with Gasteiger partial charge < -0.3 is 20.1 Å². The first-order valence-corrected chi connectivity index (χ1v) is 11.9. The van der Waals surface area contributed by atoms with Crippen LogP contribution in [0.2, 0.25) is 5.02 Å². The monoisotopic (exact) mass is 520 g/mol. The lowest BCUT2D eigenvalue weighted by Crippen LogP contribution is -2.32. The second-order valence-electron chi connectivity index (χ2n) is 8.61. The van der Waals surface area contributed by atoms with Crippen LogP contribution in [0, 0.1) is 23.2 Å². The summed E-state index contributed by atoms with van der Waals surface area (Å²) in [6, 6.07) is 6.99. The summed E-state index contributed by atoms with van der Waals surface area (Å²) in [5, 5.41) is 15.2. The number of ether oxygens (including phenoxy) is 2. The molecule has 1 aliphatic carbocycles. The van der Waals surface area contributed by atoms with Crippen LogP contribution in [0.15, 0.2) is 30.5 Å². The Morgan fingerprint density at radius 3 is 2.58 bits per heavy atom. The van der Waals surface area contributed by atoms with Crippen molar-refractivity contribution in [3.8, 4) is 11.8 Å². The van der Waals surface area contributed by atoms with Gasteiger partial charge in [0.15, 0.2) is 0 Å². The average molecular weight is 521 g/mol. The van der Waals surface area contributed by atoms with Crippen LogP contribution in [-0.4, -0.2) is 37.1 Å². The van der Waals surface area contributed by atoms with Gasteiger partial charge in [-0.3, -0.25) is 9.59 Å². The molecule has 1 aromatic carbocycles. The lowest BCUT2D eigenvalue weighted by Gasteiger charge is -2.27. The van der Waals surface area contributed by atoms with E-state index in [0.717, 1.165) is 25.7 Å². The van der Waals surface area contributed by atoms with E-state index < -0.39 is 12.7 Å². The number of aromatic nitrogens is 1. The largest absolute Gasteiger partial charge is 0.469 e. The third-order valence-corrected chi connectivity index (χ3v) is 6.50. The van der Waals surface area contributed by atoms with Gasteiger partial charge in [0.25, 0.3) is 5.91 Å². The number of rotatable bonds is 9. The topological polar surface area (TPSA) is 113 Å². The minimum absolute atomic E-state index is 0.0725. The van der Waals surface area contributed by atoms with Crippen molar-refractivity contribution in [1.82, 2.24) is 10.3 Å². The molecule has 1 fully saturated rings. The van der Waals surface area contributed by atoms with Crippen LogP contribution in [0.4, 0.5) is 14.6 Å². The highest BCUT2D eigenvalue weighted by Gasteiger charge is 2.27. The molecule has 1 saturated carbocycles. The first-order chi connectivity index (χ1) is 17.2. The van der Waals surface area contributed by atoms with Crippen LogP contribution in [-0.2, 0) is 9.53 Å². The van der Waals surface area contributed by atoms with Crippen LogP contribution in [0.25, 0.3) is 0 Å². The van der Waals surface area contributed by atoms with Gasteiger partial charge in [-0.15, -0.1) is 0 Å². The quantitative estimate of drug-likeness (QED) is 0.443. The Bertz CT molecular complexity index is 1130. The fraction of sp³-hybridized carbons (Fsp3) is 0.440. The summed E-state index contributed by atoms with van der Waals surface area (Å²) in [5.74, 6) is -0.143. The minimum atomic E-state index is -3.02. The number of alkyl halides is 2. The number of nitrogens with zero attached hydrogens (tertiary/aromatic N) is 2. The summed E-state index contributed by atoms with van der Waals surface area (Å²) in [5.41, 5.74) is 0.885. The number of hydrogen-bond donors (Lipinski definition) is 2. The second-order valence-corrected chi connectivity index (χ2v) is 9.02. The number of carbonyl (C=O) groups is 2. The summed E-state index contributed by atoms with van der Waals surface area (Å²) in [6.07, 6.45) is 4.49. The number of halogens is 3. The number of hydrogen-bond acceptors (Lipinski definition) is 7. The predicted molar refractivity (Wildman–Crippen MR) is 129 cm³/mol. The first kappa shape index (κ1) is 27.1. The molecule has 8 nitrogen and oxygen atoms in total. The SMILES string of the molecule is COC(=O)C1CCC(CNC(=O)c2cnc(NC(C)c3cc(C#N)ccc3OC(F)F)c(Cl)c2)CC1. The van der Waals surface area contributed by atoms with Crippen LogP contribution in [0.3, 0.4) is 0 Å². The van der Waals surface area contributed by atoms with E-state index in [0.29, 0.717) is 12.1 Å². The molecule has 0 saturated heterocycles. The molecule has 0 aliphatic heterocycles. The van der Waals surface area contributed by atoms with Gasteiger partial charge in [-0.05, 0) is 62.8 Å². The van der Waals surface area contributed by atoms with Crippen LogP contribution in [0.5, 0.6) is 5.75 Å². The summed E-state index contributed by atoms with van der Waals surface area (Å²) >= 11 is 6.34. The highest BCUT2D eigenvalue weighted by Crippen LogP contribution is 2.32. The van der Waals surface area contributed by atoms with Gasteiger partial charge in [0, 0.05) is 18.3 Å². The van der Waals surface area contributed by atoms with Gasteiger partial charge in [-0.2, -0.15) is 14.0 Å². The number of anilines is 1. The smallest absolute Gasteiger partial charge is 0.387 e. The zero-order valence-corrected chi connectivity index (χ0v) is 20.6. The van der Waals surface area contributed by atoms with Crippen molar-refractivity contribution in [2.75, 3.05) is 19.0 Å². The van der Waals surface area contributed by atoms with Gasteiger partial charge in [-0.25, -0.2) is 4.98 Å². The second kappa shape index (κ2) is 12.5. The van der Waals surface area contributed by atoms with Crippen molar-refractivity contribution < 1.29 is 27.8 Å². The molecular formula is C25H27ClF2N4O4. The van der Waals surface area contributed by atoms with E-state index in [-0.39, 0.29) is 51.4 Å². The van der Waals surface area contributed by atoms with E-state index in [9.17, 15) is 18.4 Å². The Hall–Kier alpha value is -3.45.